The zero-order valence-corrected chi connectivity index (χ0v) is 12.6. The number of nitrogens with one attached hydrogen (secondary N) is 2. The first kappa shape index (κ1) is 16.5. The van der Waals surface area contributed by atoms with Crippen molar-refractivity contribution in [2.24, 2.45) is 4.99 Å². The van der Waals surface area contributed by atoms with E-state index < -0.39 is 0 Å². The molecule has 0 aromatic heterocycles. The van der Waals surface area contributed by atoms with Gasteiger partial charge in [-0.25, -0.2) is 0 Å². The molecule has 0 unspecified atom stereocenters. The largest absolute Gasteiger partial charge is 0.356 e. The van der Waals surface area contributed by atoms with Crippen LogP contribution >= 0.6 is 0 Å². The van der Waals surface area contributed by atoms with E-state index in [2.05, 4.69) is 22.5 Å². The summed E-state index contributed by atoms with van der Waals surface area (Å²) < 4.78 is 0. The van der Waals surface area contributed by atoms with Gasteiger partial charge < -0.3 is 10.6 Å². The summed E-state index contributed by atoms with van der Waals surface area (Å²) in [5, 5.41) is 6.34. The molecular formula is C14H26N4O2. The molecule has 114 valence electrons. The van der Waals surface area contributed by atoms with Crippen LogP contribution < -0.4 is 10.6 Å². The molecular weight excluding hydrogens is 256 g/mol. The number of rotatable bonds is 7. The van der Waals surface area contributed by atoms with E-state index in [0.29, 0.717) is 32.4 Å². The number of imide groups is 1. The molecule has 2 N–H and O–H groups in total. The normalized spacial score (nSPS) is 16.5. The van der Waals surface area contributed by atoms with Crippen LogP contribution in [0, 0.1) is 0 Å². The molecule has 1 aliphatic rings. The second-order valence-corrected chi connectivity index (χ2v) is 4.93. The topological polar surface area (TPSA) is 73.8 Å². The molecule has 0 bridgehead atoms. The fourth-order valence-corrected chi connectivity index (χ4v) is 2.14. The highest BCUT2D eigenvalue weighted by Gasteiger charge is 2.25. The summed E-state index contributed by atoms with van der Waals surface area (Å²) in [7, 11) is 1.71. The molecule has 6 nitrogen and oxygen atoms in total. The first-order valence-electron chi connectivity index (χ1n) is 7.46. The number of hydrogen-bond acceptors (Lipinski definition) is 3. The summed E-state index contributed by atoms with van der Waals surface area (Å²) in [6, 6.07) is 0. The van der Waals surface area contributed by atoms with Crippen molar-refractivity contribution < 1.29 is 9.59 Å². The van der Waals surface area contributed by atoms with Crippen molar-refractivity contribution in [3.63, 3.8) is 0 Å². The summed E-state index contributed by atoms with van der Waals surface area (Å²) in [5.41, 5.74) is 0. The summed E-state index contributed by atoms with van der Waals surface area (Å²) >= 11 is 0. The number of likely N-dealkylation sites (tertiary alicyclic amines) is 1. The monoisotopic (exact) mass is 282 g/mol. The third-order valence-corrected chi connectivity index (χ3v) is 3.31. The maximum absolute atomic E-state index is 11.6. The van der Waals surface area contributed by atoms with Gasteiger partial charge in [0, 0.05) is 39.5 Å². The first-order chi connectivity index (χ1) is 9.69. The molecule has 20 heavy (non-hydrogen) atoms. The van der Waals surface area contributed by atoms with Crippen molar-refractivity contribution >= 4 is 17.8 Å². The molecule has 1 fully saturated rings. The Morgan fingerprint density at radius 2 is 1.80 bits per heavy atom. The molecule has 0 aliphatic carbocycles. The predicted octanol–water partition coefficient (Wildman–Crippen LogP) is 0.881. The van der Waals surface area contributed by atoms with Crippen LogP contribution in [0.25, 0.3) is 0 Å². The zero-order valence-electron chi connectivity index (χ0n) is 12.6. The molecule has 0 aromatic carbocycles. The van der Waals surface area contributed by atoms with E-state index in [1.54, 1.807) is 7.05 Å². The van der Waals surface area contributed by atoms with E-state index in [1.165, 1.54) is 17.7 Å². The Bertz CT molecular complexity index is 339. The number of unbranched alkanes of at least 4 members (excludes halogenated alkanes) is 2. The maximum Gasteiger partial charge on any atom is 0.229 e. The lowest BCUT2D eigenvalue weighted by Gasteiger charge is -2.25. The van der Waals surface area contributed by atoms with Gasteiger partial charge in [0.2, 0.25) is 11.8 Å². The molecule has 1 saturated heterocycles. The first-order valence-corrected chi connectivity index (χ1v) is 7.46. The van der Waals surface area contributed by atoms with Gasteiger partial charge in [0.15, 0.2) is 5.96 Å². The number of carbonyl (C=O) groups excluding carboxylic acids is 2. The summed E-state index contributed by atoms with van der Waals surface area (Å²) in [6.07, 6.45) is 5.14. The molecule has 0 radical (unpaired) electrons. The van der Waals surface area contributed by atoms with Crippen molar-refractivity contribution in [3.05, 3.63) is 0 Å². The standard InChI is InChI=1S/C14H26N4O2/c1-3-4-5-9-16-14(15-2)17-10-11-18-12(19)7-6-8-13(18)20/h3-11H2,1-2H3,(H2,15,16,17). The number of aliphatic imine (C=N–C) groups is 1. The molecule has 1 aliphatic heterocycles. The number of nitrogens with zero attached hydrogens (tertiary/aromatic N) is 2. The molecule has 2 amide bonds. The Labute approximate surface area is 121 Å². The molecule has 6 heteroatoms. The lowest BCUT2D eigenvalue weighted by Crippen LogP contribution is -2.46. The van der Waals surface area contributed by atoms with Crippen molar-refractivity contribution in [1.29, 1.82) is 0 Å². The zero-order chi connectivity index (χ0) is 14.8. The molecule has 1 rings (SSSR count). The molecule has 0 aromatic rings. The molecule has 0 saturated carbocycles. The van der Waals surface area contributed by atoms with E-state index in [1.807, 2.05) is 0 Å². The van der Waals surface area contributed by atoms with Crippen molar-refractivity contribution in [1.82, 2.24) is 15.5 Å². The van der Waals surface area contributed by atoms with Crippen LogP contribution in [0.15, 0.2) is 4.99 Å². The van der Waals surface area contributed by atoms with Crippen LogP contribution in [-0.2, 0) is 9.59 Å². The van der Waals surface area contributed by atoms with Crippen molar-refractivity contribution in [2.45, 2.75) is 45.4 Å². The SMILES string of the molecule is CCCCCNC(=NC)NCCN1C(=O)CCCC1=O. The molecule has 0 atom stereocenters. The van der Waals surface area contributed by atoms with E-state index >= 15 is 0 Å². The van der Waals surface area contributed by atoms with Crippen LogP contribution in [0.4, 0.5) is 0 Å². The Morgan fingerprint density at radius 1 is 1.15 bits per heavy atom. The minimum Gasteiger partial charge on any atom is -0.356 e. The van der Waals surface area contributed by atoms with Gasteiger partial charge >= 0.3 is 0 Å². The van der Waals surface area contributed by atoms with Gasteiger partial charge in [-0.2, -0.15) is 0 Å². The van der Waals surface area contributed by atoms with Gasteiger partial charge in [-0.05, 0) is 12.8 Å². The van der Waals surface area contributed by atoms with Crippen LogP contribution in [0.3, 0.4) is 0 Å². The third kappa shape index (κ3) is 5.59. The van der Waals surface area contributed by atoms with Gasteiger partial charge in [0.1, 0.15) is 0 Å². The van der Waals surface area contributed by atoms with Crippen LogP contribution in [-0.4, -0.2) is 49.4 Å². The summed E-state index contributed by atoms with van der Waals surface area (Å²) in [5.74, 6) is 0.598. The fourth-order valence-electron chi connectivity index (χ4n) is 2.14. The minimum atomic E-state index is -0.0612. The maximum atomic E-state index is 11.6. The van der Waals surface area contributed by atoms with E-state index in [-0.39, 0.29) is 11.8 Å². The van der Waals surface area contributed by atoms with Crippen molar-refractivity contribution in [2.75, 3.05) is 26.7 Å². The van der Waals surface area contributed by atoms with Gasteiger partial charge in [-0.1, -0.05) is 19.8 Å². The number of amides is 2. The van der Waals surface area contributed by atoms with Crippen LogP contribution in [0.1, 0.15) is 45.4 Å². The smallest absolute Gasteiger partial charge is 0.229 e. The highest BCUT2D eigenvalue weighted by atomic mass is 16.2. The number of guanidine groups is 1. The van der Waals surface area contributed by atoms with E-state index in [4.69, 9.17) is 0 Å². The summed E-state index contributed by atoms with van der Waals surface area (Å²) in [6.45, 7) is 3.99. The van der Waals surface area contributed by atoms with Crippen LogP contribution in [0.5, 0.6) is 0 Å². The van der Waals surface area contributed by atoms with Gasteiger partial charge in [0.05, 0.1) is 0 Å². The fraction of sp³-hybridized carbons (Fsp3) is 0.786. The van der Waals surface area contributed by atoms with Crippen molar-refractivity contribution in [3.8, 4) is 0 Å². The minimum absolute atomic E-state index is 0.0612. The van der Waals surface area contributed by atoms with Gasteiger partial charge in [0.25, 0.3) is 0 Å². The highest BCUT2D eigenvalue weighted by molar-refractivity contribution is 5.97. The lowest BCUT2D eigenvalue weighted by atomic mass is 10.1. The van der Waals surface area contributed by atoms with Gasteiger partial charge in [-0.3, -0.25) is 19.5 Å². The second kappa shape index (κ2) is 9.34. The Balaban J connectivity index is 2.23. The molecule has 1 heterocycles. The Kier molecular flexibility index (Phi) is 7.69. The Hall–Kier alpha value is -1.59. The number of piperidine rings is 1. The lowest BCUT2D eigenvalue weighted by molar-refractivity contribution is -0.147. The quantitative estimate of drug-likeness (QED) is 0.315. The Morgan fingerprint density at radius 3 is 2.40 bits per heavy atom. The average Bonchev–Trinajstić information content (AvgIpc) is 2.44. The average molecular weight is 282 g/mol. The van der Waals surface area contributed by atoms with E-state index in [0.717, 1.165) is 18.9 Å². The number of hydrogen-bond donors (Lipinski definition) is 2. The van der Waals surface area contributed by atoms with Crippen LogP contribution in [0.2, 0.25) is 0 Å². The van der Waals surface area contributed by atoms with Gasteiger partial charge in [-0.15, -0.1) is 0 Å². The second-order valence-electron chi connectivity index (χ2n) is 4.93. The predicted molar refractivity (Wildman–Crippen MR) is 79.5 cm³/mol. The molecule has 0 spiro atoms. The number of carbonyl (C=O) groups is 2. The van der Waals surface area contributed by atoms with E-state index in [9.17, 15) is 9.59 Å². The highest BCUT2D eigenvalue weighted by Crippen LogP contribution is 2.11. The third-order valence-electron chi connectivity index (χ3n) is 3.31. The summed E-state index contributed by atoms with van der Waals surface area (Å²) in [4.78, 5) is 28.7.